The van der Waals surface area contributed by atoms with E-state index in [-0.39, 0.29) is 11.9 Å². The Kier molecular flexibility index (Phi) is 3.31. The van der Waals surface area contributed by atoms with Crippen molar-refractivity contribution in [3.63, 3.8) is 0 Å². The summed E-state index contributed by atoms with van der Waals surface area (Å²) in [5.41, 5.74) is 1.25. The summed E-state index contributed by atoms with van der Waals surface area (Å²) in [4.78, 5) is 0. The number of hydrogen-bond donors (Lipinski definition) is 1. The van der Waals surface area contributed by atoms with Crippen LogP contribution in [0.25, 0.3) is 0 Å². The van der Waals surface area contributed by atoms with Crippen molar-refractivity contribution in [2.75, 3.05) is 7.05 Å². The fourth-order valence-corrected chi connectivity index (χ4v) is 6.29. The van der Waals surface area contributed by atoms with E-state index >= 15 is 0 Å². The van der Waals surface area contributed by atoms with Gasteiger partial charge in [0.15, 0.2) is 0 Å². The van der Waals surface area contributed by atoms with Gasteiger partial charge in [-0.25, -0.2) is 4.39 Å². The highest BCUT2D eigenvalue weighted by atomic mass is 35.5. The van der Waals surface area contributed by atoms with Crippen molar-refractivity contribution in [2.24, 2.45) is 23.2 Å². The maximum absolute atomic E-state index is 13.7. The van der Waals surface area contributed by atoms with Crippen LogP contribution >= 0.6 is 11.6 Å². The molecule has 4 aliphatic carbocycles. The van der Waals surface area contributed by atoms with E-state index < -0.39 is 0 Å². The summed E-state index contributed by atoms with van der Waals surface area (Å²) < 4.78 is 13.7. The van der Waals surface area contributed by atoms with Gasteiger partial charge >= 0.3 is 0 Å². The predicted molar refractivity (Wildman–Crippen MR) is 83.8 cm³/mol. The molecule has 4 aliphatic rings. The lowest BCUT2D eigenvalue weighted by Crippen LogP contribution is -2.51. The summed E-state index contributed by atoms with van der Waals surface area (Å²) in [6.45, 7) is 0. The summed E-state index contributed by atoms with van der Waals surface area (Å²) in [7, 11) is 2.00. The second kappa shape index (κ2) is 4.96. The molecule has 0 saturated heterocycles. The summed E-state index contributed by atoms with van der Waals surface area (Å²) in [6, 6.07) is 4.99. The van der Waals surface area contributed by atoms with Crippen LogP contribution in [0.1, 0.15) is 50.1 Å². The first kappa shape index (κ1) is 14.0. The van der Waals surface area contributed by atoms with E-state index in [1.54, 1.807) is 12.1 Å². The molecule has 4 bridgehead atoms. The Bertz CT molecular complexity index is 521. The normalized spacial score (nSPS) is 38.7. The van der Waals surface area contributed by atoms with Gasteiger partial charge in [0.2, 0.25) is 0 Å². The van der Waals surface area contributed by atoms with E-state index in [9.17, 15) is 4.39 Å². The first-order chi connectivity index (χ1) is 10.1. The average molecular weight is 308 g/mol. The van der Waals surface area contributed by atoms with Crippen LogP contribution in [0.3, 0.4) is 0 Å². The lowest BCUT2D eigenvalue weighted by Gasteiger charge is -2.59. The second-order valence-corrected chi connectivity index (χ2v) is 8.07. The molecule has 4 saturated carbocycles. The van der Waals surface area contributed by atoms with Gasteiger partial charge in [0.1, 0.15) is 5.82 Å². The predicted octanol–water partition coefficient (Wildman–Crippen LogP) is 4.96. The van der Waals surface area contributed by atoms with Gasteiger partial charge in [-0.15, -0.1) is 0 Å². The molecule has 0 amide bonds. The molecule has 1 N–H and O–H groups in total. The summed E-state index contributed by atoms with van der Waals surface area (Å²) in [5.74, 6) is 2.48. The molecule has 0 aliphatic heterocycles. The van der Waals surface area contributed by atoms with Crippen LogP contribution in [0.2, 0.25) is 5.02 Å². The summed E-state index contributed by atoms with van der Waals surface area (Å²) >= 11 is 6.40. The summed E-state index contributed by atoms with van der Waals surface area (Å²) in [6.07, 6.45) is 8.14. The van der Waals surface area contributed by atoms with E-state index in [2.05, 4.69) is 5.32 Å². The first-order valence-electron chi connectivity index (χ1n) is 8.22. The Balaban J connectivity index is 1.74. The van der Waals surface area contributed by atoms with E-state index in [1.165, 1.54) is 44.6 Å². The summed E-state index contributed by atoms with van der Waals surface area (Å²) in [5, 5.41) is 4.19. The fourth-order valence-electron chi connectivity index (χ4n) is 6.06. The zero-order valence-corrected chi connectivity index (χ0v) is 13.3. The van der Waals surface area contributed by atoms with Crippen LogP contribution in [0.4, 0.5) is 4.39 Å². The van der Waals surface area contributed by atoms with Gasteiger partial charge in [0, 0.05) is 11.1 Å². The molecule has 1 aromatic carbocycles. The zero-order valence-electron chi connectivity index (χ0n) is 12.5. The smallest absolute Gasteiger partial charge is 0.123 e. The highest BCUT2D eigenvalue weighted by Crippen LogP contribution is 2.64. The van der Waals surface area contributed by atoms with E-state index in [1.807, 2.05) is 7.05 Å². The van der Waals surface area contributed by atoms with Crippen LogP contribution in [-0.4, -0.2) is 7.05 Å². The third-order valence-corrected chi connectivity index (χ3v) is 6.60. The topological polar surface area (TPSA) is 12.0 Å². The molecule has 0 spiro atoms. The molecular formula is C18H23ClFN. The van der Waals surface area contributed by atoms with E-state index in [4.69, 9.17) is 11.6 Å². The van der Waals surface area contributed by atoms with Crippen LogP contribution in [0, 0.1) is 29.0 Å². The third-order valence-electron chi connectivity index (χ3n) is 6.26. The van der Waals surface area contributed by atoms with Crippen LogP contribution < -0.4 is 5.32 Å². The van der Waals surface area contributed by atoms with Crippen LogP contribution in [0.5, 0.6) is 0 Å². The minimum absolute atomic E-state index is 0.181. The lowest BCUT2D eigenvalue weighted by atomic mass is 9.47. The lowest BCUT2D eigenvalue weighted by molar-refractivity contribution is -0.0736. The van der Waals surface area contributed by atoms with Gasteiger partial charge in [-0.3, -0.25) is 0 Å². The van der Waals surface area contributed by atoms with Crippen molar-refractivity contribution in [1.82, 2.24) is 5.32 Å². The van der Waals surface area contributed by atoms with Gasteiger partial charge < -0.3 is 5.32 Å². The maximum Gasteiger partial charge on any atom is 0.123 e. The number of hydrogen-bond acceptors (Lipinski definition) is 1. The van der Waals surface area contributed by atoms with Crippen molar-refractivity contribution >= 4 is 11.6 Å². The molecule has 5 rings (SSSR count). The standard InChI is InChI=1S/C18H23ClFN/c1-21-17(15-7-14(20)2-3-16(15)19)18-8-11-4-12(9-18)6-13(5-11)10-18/h2-3,7,11-13,17,21H,4-6,8-10H2,1H3. The fraction of sp³-hybridized carbons (Fsp3) is 0.667. The molecule has 21 heavy (non-hydrogen) atoms. The number of nitrogens with one attached hydrogen (secondary N) is 1. The number of halogens is 2. The Morgan fingerprint density at radius 2 is 1.71 bits per heavy atom. The minimum Gasteiger partial charge on any atom is -0.312 e. The Morgan fingerprint density at radius 3 is 2.24 bits per heavy atom. The second-order valence-electron chi connectivity index (χ2n) is 7.67. The SMILES string of the molecule is CNC(c1cc(F)ccc1Cl)C12CC3CC(CC(C3)C1)C2. The molecule has 1 nitrogen and oxygen atoms in total. The molecule has 3 heteroatoms. The van der Waals surface area contributed by atoms with Crippen LogP contribution in [0.15, 0.2) is 18.2 Å². The molecule has 1 unspecified atom stereocenters. The van der Waals surface area contributed by atoms with Crippen molar-refractivity contribution in [3.8, 4) is 0 Å². The molecule has 4 fully saturated rings. The Hall–Kier alpha value is -0.600. The Labute approximate surface area is 131 Å². The van der Waals surface area contributed by atoms with Crippen molar-refractivity contribution in [2.45, 2.75) is 44.6 Å². The van der Waals surface area contributed by atoms with Crippen molar-refractivity contribution in [1.29, 1.82) is 0 Å². The highest BCUT2D eigenvalue weighted by Gasteiger charge is 2.54. The molecule has 1 atom stereocenters. The van der Waals surface area contributed by atoms with Crippen LogP contribution in [-0.2, 0) is 0 Å². The Morgan fingerprint density at radius 1 is 1.14 bits per heavy atom. The van der Waals surface area contributed by atoms with E-state index in [0.717, 1.165) is 23.3 Å². The largest absolute Gasteiger partial charge is 0.312 e. The van der Waals surface area contributed by atoms with Crippen molar-refractivity contribution in [3.05, 3.63) is 34.6 Å². The van der Waals surface area contributed by atoms with Gasteiger partial charge in [0.05, 0.1) is 0 Å². The maximum atomic E-state index is 13.7. The minimum atomic E-state index is -0.181. The quantitative estimate of drug-likeness (QED) is 0.832. The molecule has 0 radical (unpaired) electrons. The monoisotopic (exact) mass is 307 g/mol. The molecule has 1 aromatic rings. The van der Waals surface area contributed by atoms with Crippen molar-refractivity contribution < 1.29 is 4.39 Å². The third kappa shape index (κ3) is 2.22. The van der Waals surface area contributed by atoms with Gasteiger partial charge in [-0.2, -0.15) is 0 Å². The van der Waals surface area contributed by atoms with Gasteiger partial charge in [-0.05, 0) is 92.5 Å². The molecule has 0 heterocycles. The molecule has 0 aromatic heterocycles. The average Bonchev–Trinajstić information content (AvgIpc) is 2.41. The first-order valence-corrected chi connectivity index (χ1v) is 8.59. The number of rotatable bonds is 3. The molecular weight excluding hydrogens is 285 g/mol. The van der Waals surface area contributed by atoms with Gasteiger partial charge in [-0.1, -0.05) is 11.6 Å². The molecule has 114 valence electrons. The highest BCUT2D eigenvalue weighted by molar-refractivity contribution is 6.31. The number of benzene rings is 1. The zero-order chi connectivity index (χ0) is 14.6. The van der Waals surface area contributed by atoms with E-state index in [0.29, 0.717) is 10.4 Å². The van der Waals surface area contributed by atoms with Gasteiger partial charge in [0.25, 0.3) is 0 Å².